The van der Waals surface area contributed by atoms with Crippen molar-refractivity contribution in [3.05, 3.63) is 46.3 Å². The van der Waals surface area contributed by atoms with E-state index in [0.29, 0.717) is 22.6 Å². The standard InChI is InChI=1S/C14H13Cl2N3O/c15-9-3-4-10-11(2-1-5-20-12(10)6-9)18-14-8-17-7-13(16)19-14/h3-4,6-8,11H,1-2,5H2,(H,18,19). The second-order valence-electron chi connectivity index (χ2n) is 4.60. The van der Waals surface area contributed by atoms with Gasteiger partial charge in [-0.15, -0.1) is 0 Å². The normalized spacial score (nSPS) is 17.8. The number of nitrogens with one attached hydrogen (secondary N) is 1. The third-order valence-electron chi connectivity index (χ3n) is 3.17. The number of fused-ring (bicyclic) bond motifs is 1. The molecule has 0 radical (unpaired) electrons. The lowest BCUT2D eigenvalue weighted by atomic mass is 10.0. The van der Waals surface area contributed by atoms with Crippen LogP contribution >= 0.6 is 23.2 Å². The first-order valence-corrected chi connectivity index (χ1v) is 7.14. The van der Waals surface area contributed by atoms with Crippen LogP contribution in [-0.4, -0.2) is 16.6 Å². The summed E-state index contributed by atoms with van der Waals surface area (Å²) in [7, 11) is 0. The fourth-order valence-electron chi connectivity index (χ4n) is 2.29. The minimum atomic E-state index is 0.109. The molecule has 1 aromatic carbocycles. The zero-order chi connectivity index (χ0) is 13.9. The van der Waals surface area contributed by atoms with Crippen LogP contribution in [-0.2, 0) is 0 Å². The van der Waals surface area contributed by atoms with Crippen molar-refractivity contribution in [1.29, 1.82) is 0 Å². The molecule has 3 rings (SSSR count). The van der Waals surface area contributed by atoms with Crippen LogP contribution in [0.5, 0.6) is 5.75 Å². The van der Waals surface area contributed by atoms with Crippen LogP contribution in [0.3, 0.4) is 0 Å². The largest absolute Gasteiger partial charge is 0.493 e. The van der Waals surface area contributed by atoms with Crippen molar-refractivity contribution in [2.24, 2.45) is 0 Å². The topological polar surface area (TPSA) is 47.0 Å². The van der Waals surface area contributed by atoms with Crippen molar-refractivity contribution < 1.29 is 4.74 Å². The Bertz CT molecular complexity index is 621. The van der Waals surface area contributed by atoms with Gasteiger partial charge in [0, 0.05) is 10.6 Å². The van der Waals surface area contributed by atoms with E-state index in [1.54, 1.807) is 6.20 Å². The summed E-state index contributed by atoms with van der Waals surface area (Å²) in [6, 6.07) is 5.81. The van der Waals surface area contributed by atoms with Gasteiger partial charge in [-0.25, -0.2) is 4.98 Å². The van der Waals surface area contributed by atoms with Gasteiger partial charge < -0.3 is 10.1 Å². The maximum absolute atomic E-state index is 6.02. The van der Waals surface area contributed by atoms with E-state index < -0.39 is 0 Å². The van der Waals surface area contributed by atoms with Crippen LogP contribution in [0.15, 0.2) is 30.6 Å². The Hall–Kier alpha value is -1.52. The predicted molar refractivity (Wildman–Crippen MR) is 79.6 cm³/mol. The lowest BCUT2D eigenvalue weighted by molar-refractivity contribution is 0.316. The SMILES string of the molecule is Clc1ccc2c(c1)OCCCC2Nc1cncc(Cl)n1. The van der Waals surface area contributed by atoms with Crippen molar-refractivity contribution in [2.75, 3.05) is 11.9 Å². The lowest BCUT2D eigenvalue weighted by Crippen LogP contribution is -2.11. The number of ether oxygens (including phenoxy) is 1. The number of halogens is 2. The van der Waals surface area contributed by atoms with E-state index in [9.17, 15) is 0 Å². The second kappa shape index (κ2) is 5.85. The third kappa shape index (κ3) is 2.97. The molecular weight excluding hydrogens is 297 g/mol. The minimum Gasteiger partial charge on any atom is -0.493 e. The number of benzene rings is 1. The van der Waals surface area contributed by atoms with E-state index in [-0.39, 0.29) is 6.04 Å². The van der Waals surface area contributed by atoms with Crippen LogP contribution in [0.1, 0.15) is 24.4 Å². The average Bonchev–Trinajstić information content (AvgIpc) is 2.61. The molecule has 0 aliphatic carbocycles. The number of aromatic nitrogens is 2. The zero-order valence-corrected chi connectivity index (χ0v) is 12.2. The van der Waals surface area contributed by atoms with Crippen LogP contribution in [0.25, 0.3) is 0 Å². The molecule has 2 heterocycles. The molecule has 0 amide bonds. The highest BCUT2D eigenvalue weighted by Crippen LogP contribution is 2.35. The highest BCUT2D eigenvalue weighted by molar-refractivity contribution is 6.30. The van der Waals surface area contributed by atoms with Gasteiger partial charge >= 0.3 is 0 Å². The lowest BCUT2D eigenvalue weighted by Gasteiger charge is -2.18. The summed E-state index contributed by atoms with van der Waals surface area (Å²) in [4.78, 5) is 8.25. The van der Waals surface area contributed by atoms with Gasteiger partial charge in [-0.05, 0) is 25.0 Å². The molecule has 6 heteroatoms. The molecule has 1 aromatic heterocycles. The van der Waals surface area contributed by atoms with Crippen LogP contribution in [0.2, 0.25) is 10.2 Å². The molecule has 104 valence electrons. The molecule has 1 atom stereocenters. The average molecular weight is 310 g/mol. The number of rotatable bonds is 2. The van der Waals surface area contributed by atoms with E-state index in [4.69, 9.17) is 27.9 Å². The first-order chi connectivity index (χ1) is 9.72. The van der Waals surface area contributed by atoms with Gasteiger partial charge in [0.1, 0.15) is 16.7 Å². The first-order valence-electron chi connectivity index (χ1n) is 6.39. The number of hydrogen-bond donors (Lipinski definition) is 1. The summed E-state index contributed by atoms with van der Waals surface area (Å²) in [5.41, 5.74) is 1.08. The van der Waals surface area contributed by atoms with E-state index in [0.717, 1.165) is 24.2 Å². The number of anilines is 1. The highest BCUT2D eigenvalue weighted by Gasteiger charge is 2.20. The summed E-state index contributed by atoms with van der Waals surface area (Å²) in [6.45, 7) is 0.687. The maximum Gasteiger partial charge on any atom is 0.149 e. The van der Waals surface area contributed by atoms with Crippen molar-refractivity contribution in [3.63, 3.8) is 0 Å². The third-order valence-corrected chi connectivity index (χ3v) is 3.59. The molecule has 20 heavy (non-hydrogen) atoms. The highest BCUT2D eigenvalue weighted by atomic mass is 35.5. The molecular formula is C14H13Cl2N3O. The minimum absolute atomic E-state index is 0.109. The fourth-order valence-corrected chi connectivity index (χ4v) is 2.60. The molecule has 2 aromatic rings. The molecule has 0 spiro atoms. The molecule has 1 aliphatic heterocycles. The summed E-state index contributed by atoms with van der Waals surface area (Å²) in [6.07, 6.45) is 5.07. The van der Waals surface area contributed by atoms with Gasteiger partial charge in [-0.3, -0.25) is 4.98 Å². The van der Waals surface area contributed by atoms with Gasteiger partial charge in [-0.2, -0.15) is 0 Å². The molecule has 0 saturated heterocycles. The van der Waals surface area contributed by atoms with Crippen LogP contribution in [0.4, 0.5) is 5.82 Å². The molecule has 1 unspecified atom stereocenters. The quantitative estimate of drug-likeness (QED) is 0.907. The van der Waals surface area contributed by atoms with Crippen LogP contribution in [0, 0.1) is 0 Å². The Labute approximate surface area is 127 Å². The van der Waals surface area contributed by atoms with Gasteiger partial charge in [0.15, 0.2) is 0 Å². The Balaban J connectivity index is 1.90. The molecule has 0 saturated carbocycles. The van der Waals surface area contributed by atoms with Gasteiger partial charge in [0.2, 0.25) is 0 Å². The molecule has 0 fully saturated rings. The zero-order valence-electron chi connectivity index (χ0n) is 10.6. The summed E-state index contributed by atoms with van der Waals surface area (Å²) < 4.78 is 5.73. The van der Waals surface area contributed by atoms with Crippen molar-refractivity contribution in [1.82, 2.24) is 9.97 Å². The summed E-state index contributed by atoms with van der Waals surface area (Å²) in [5.74, 6) is 1.48. The Morgan fingerprint density at radius 3 is 3.00 bits per heavy atom. The Morgan fingerprint density at radius 1 is 1.25 bits per heavy atom. The molecule has 0 bridgehead atoms. The summed E-state index contributed by atoms with van der Waals surface area (Å²) >= 11 is 11.9. The Kier molecular flexibility index (Phi) is 3.94. The van der Waals surface area contributed by atoms with Crippen molar-refractivity contribution >= 4 is 29.0 Å². The molecule has 1 aliphatic rings. The van der Waals surface area contributed by atoms with Crippen molar-refractivity contribution in [3.8, 4) is 5.75 Å². The summed E-state index contributed by atoms with van der Waals surface area (Å²) in [5, 5.41) is 4.40. The molecule has 4 nitrogen and oxygen atoms in total. The van der Waals surface area contributed by atoms with Gasteiger partial charge in [-0.1, -0.05) is 29.3 Å². The van der Waals surface area contributed by atoms with Crippen molar-refractivity contribution in [2.45, 2.75) is 18.9 Å². The second-order valence-corrected chi connectivity index (χ2v) is 5.42. The van der Waals surface area contributed by atoms with Crippen LogP contribution < -0.4 is 10.1 Å². The van der Waals surface area contributed by atoms with E-state index in [1.807, 2.05) is 18.2 Å². The van der Waals surface area contributed by atoms with E-state index in [2.05, 4.69) is 15.3 Å². The maximum atomic E-state index is 6.02. The van der Waals surface area contributed by atoms with Gasteiger partial charge in [0.05, 0.1) is 25.0 Å². The first kappa shape index (κ1) is 13.5. The Morgan fingerprint density at radius 2 is 2.15 bits per heavy atom. The van der Waals surface area contributed by atoms with E-state index >= 15 is 0 Å². The van der Waals surface area contributed by atoms with E-state index in [1.165, 1.54) is 6.20 Å². The number of nitrogens with zero attached hydrogens (tertiary/aromatic N) is 2. The monoisotopic (exact) mass is 309 g/mol. The number of hydrogen-bond acceptors (Lipinski definition) is 4. The predicted octanol–water partition coefficient (Wildman–Crippen LogP) is 4.11. The van der Waals surface area contributed by atoms with Gasteiger partial charge in [0.25, 0.3) is 0 Å². The molecule has 1 N–H and O–H groups in total. The smallest absolute Gasteiger partial charge is 0.149 e. The fraction of sp³-hybridized carbons (Fsp3) is 0.286.